The van der Waals surface area contributed by atoms with E-state index in [4.69, 9.17) is 14.2 Å². The van der Waals surface area contributed by atoms with Crippen molar-refractivity contribution in [3.05, 3.63) is 0 Å². The van der Waals surface area contributed by atoms with Crippen LogP contribution >= 0.6 is 15.9 Å². The van der Waals surface area contributed by atoms with Gasteiger partial charge in [-0.3, -0.25) is 4.79 Å². The highest BCUT2D eigenvalue weighted by atomic mass is 79.9. The fourth-order valence-electron chi connectivity index (χ4n) is 2.91. The van der Waals surface area contributed by atoms with Crippen molar-refractivity contribution in [2.24, 2.45) is 0 Å². The predicted octanol–water partition coefficient (Wildman–Crippen LogP) is -4.88. The van der Waals surface area contributed by atoms with Crippen LogP contribution in [0.2, 0.25) is 0 Å². The van der Waals surface area contributed by atoms with Crippen LogP contribution in [-0.2, 0) is 19.0 Å². The maximum absolute atomic E-state index is 11.5. The number of hydrogen-bond donors (Lipinski definition) is 8. The number of alkyl halides is 1. The van der Waals surface area contributed by atoms with Gasteiger partial charge in [-0.25, -0.2) is 0 Å². The molecule has 13 heteroatoms. The summed E-state index contributed by atoms with van der Waals surface area (Å²) in [5.74, 6) is -0.531. The van der Waals surface area contributed by atoms with Gasteiger partial charge in [0, 0.05) is 0 Å². The van der Waals surface area contributed by atoms with E-state index in [1.807, 2.05) is 0 Å². The third-order valence-electron chi connectivity index (χ3n) is 4.43. The Hall–Kier alpha value is -0.450. The summed E-state index contributed by atoms with van der Waals surface area (Å²) in [6.45, 7) is -1.35. The van der Waals surface area contributed by atoms with Crippen LogP contribution in [-0.4, -0.2) is 122 Å². The highest BCUT2D eigenvalue weighted by Crippen LogP contribution is 2.28. The number of carbonyl (C=O) groups is 1. The Morgan fingerprint density at radius 1 is 0.889 bits per heavy atom. The first kappa shape index (κ1) is 22.8. The molecule has 0 saturated carbocycles. The lowest BCUT2D eigenvalue weighted by Crippen LogP contribution is -2.66. The van der Waals surface area contributed by atoms with E-state index >= 15 is 0 Å². The number of halogens is 1. The summed E-state index contributed by atoms with van der Waals surface area (Å²) < 4.78 is 15.9. The Morgan fingerprint density at radius 3 is 2.07 bits per heavy atom. The van der Waals surface area contributed by atoms with E-state index in [9.17, 15) is 40.5 Å². The van der Waals surface area contributed by atoms with Crippen LogP contribution in [0, 0.1) is 0 Å². The van der Waals surface area contributed by atoms with Gasteiger partial charge >= 0.3 is 0 Å². The van der Waals surface area contributed by atoms with Gasteiger partial charge in [-0.05, 0) is 0 Å². The molecule has 8 N–H and O–H groups in total. The van der Waals surface area contributed by atoms with Crippen molar-refractivity contribution in [3.63, 3.8) is 0 Å². The molecule has 158 valence electrons. The van der Waals surface area contributed by atoms with Gasteiger partial charge in [0.05, 0.1) is 18.5 Å². The Balaban J connectivity index is 2.11. The Labute approximate surface area is 162 Å². The molecule has 2 saturated heterocycles. The SMILES string of the molecule is O=C(CBr)NC1O[C@H](CO)[C@@H](O[C@@H]2O[C@H](CO)[C@@H](O)[C@H](O)[C@H]2O)[C@H](O)[C@H]1O. The summed E-state index contributed by atoms with van der Waals surface area (Å²) in [6, 6.07) is 0. The first-order chi connectivity index (χ1) is 12.7. The zero-order valence-corrected chi connectivity index (χ0v) is 15.6. The molecule has 0 aromatic rings. The minimum absolute atomic E-state index is 0.0791. The van der Waals surface area contributed by atoms with Crippen molar-refractivity contribution in [1.29, 1.82) is 0 Å². The van der Waals surface area contributed by atoms with Crippen LogP contribution in [0.3, 0.4) is 0 Å². The van der Waals surface area contributed by atoms with E-state index < -0.39 is 80.5 Å². The predicted molar refractivity (Wildman–Crippen MR) is 88.3 cm³/mol. The van der Waals surface area contributed by atoms with Gasteiger partial charge in [0.2, 0.25) is 5.91 Å². The van der Waals surface area contributed by atoms with E-state index in [-0.39, 0.29) is 5.33 Å². The van der Waals surface area contributed by atoms with Gasteiger partial charge in [0.1, 0.15) is 48.8 Å². The molecule has 2 heterocycles. The highest BCUT2D eigenvalue weighted by molar-refractivity contribution is 9.09. The van der Waals surface area contributed by atoms with E-state index in [2.05, 4.69) is 21.2 Å². The van der Waals surface area contributed by atoms with Gasteiger partial charge in [-0.2, -0.15) is 0 Å². The van der Waals surface area contributed by atoms with Crippen LogP contribution in [0.4, 0.5) is 0 Å². The smallest absolute Gasteiger partial charge is 0.232 e. The van der Waals surface area contributed by atoms with E-state index in [0.29, 0.717) is 0 Å². The van der Waals surface area contributed by atoms with Crippen LogP contribution in [0.25, 0.3) is 0 Å². The van der Waals surface area contributed by atoms with Crippen molar-refractivity contribution in [2.75, 3.05) is 18.5 Å². The highest BCUT2D eigenvalue weighted by Gasteiger charge is 2.50. The third kappa shape index (κ3) is 4.94. The number of aliphatic hydroxyl groups is 7. The average Bonchev–Trinajstić information content (AvgIpc) is 2.67. The van der Waals surface area contributed by atoms with Crippen molar-refractivity contribution < 1.29 is 54.8 Å². The van der Waals surface area contributed by atoms with Crippen molar-refractivity contribution in [2.45, 2.75) is 61.3 Å². The van der Waals surface area contributed by atoms with Crippen LogP contribution in [0.5, 0.6) is 0 Å². The number of aliphatic hydroxyl groups excluding tert-OH is 7. The Kier molecular flexibility index (Phi) is 8.33. The van der Waals surface area contributed by atoms with E-state index in [1.54, 1.807) is 0 Å². The molecule has 0 bridgehead atoms. The maximum atomic E-state index is 11.5. The quantitative estimate of drug-likeness (QED) is 0.176. The lowest BCUT2D eigenvalue weighted by Gasteiger charge is -2.46. The zero-order valence-electron chi connectivity index (χ0n) is 14.0. The van der Waals surface area contributed by atoms with E-state index in [0.717, 1.165) is 0 Å². The molecule has 10 atom stereocenters. The molecule has 12 nitrogen and oxygen atoms in total. The summed E-state index contributed by atoms with van der Waals surface area (Å²) in [4.78, 5) is 11.5. The number of ether oxygens (including phenoxy) is 3. The second-order valence-electron chi connectivity index (χ2n) is 6.26. The van der Waals surface area contributed by atoms with Gasteiger partial charge in [0.15, 0.2) is 12.5 Å². The number of carbonyl (C=O) groups excluding carboxylic acids is 1. The molecule has 0 spiro atoms. The molecular weight excluding hydrogens is 438 g/mol. The molecule has 2 fully saturated rings. The molecule has 2 aliphatic heterocycles. The van der Waals surface area contributed by atoms with Gasteiger partial charge in [-0.1, -0.05) is 15.9 Å². The van der Waals surface area contributed by atoms with Crippen LogP contribution in [0.1, 0.15) is 0 Å². The summed E-state index contributed by atoms with van der Waals surface area (Å²) in [7, 11) is 0. The second kappa shape index (κ2) is 9.84. The fraction of sp³-hybridized carbons (Fsp3) is 0.929. The molecule has 2 rings (SSSR count). The molecule has 27 heavy (non-hydrogen) atoms. The molecule has 1 unspecified atom stereocenters. The average molecular weight is 462 g/mol. The first-order valence-electron chi connectivity index (χ1n) is 8.18. The maximum Gasteiger partial charge on any atom is 0.232 e. The standard InChI is InChI=1S/C14H24BrNO11/c15-1-6(19)16-13-10(23)9(22)12(5(3-18)25-13)27-14-11(24)8(21)7(20)4(2-17)26-14/h4-5,7-14,17-18,20-24H,1-3H2,(H,16,19)/t4-,5-,7-,8+,9-,10-,11-,12-,13?,14+/m1/s1. The number of nitrogens with one attached hydrogen (secondary N) is 1. The molecule has 0 aliphatic carbocycles. The zero-order chi connectivity index (χ0) is 20.3. The normalized spacial score (nSPS) is 45.5. The van der Waals surface area contributed by atoms with Gasteiger partial charge < -0.3 is 55.3 Å². The molecule has 0 aromatic heterocycles. The molecule has 2 aliphatic rings. The summed E-state index contributed by atoms with van der Waals surface area (Å²) in [5.41, 5.74) is 0. The van der Waals surface area contributed by atoms with E-state index in [1.165, 1.54) is 0 Å². The molecule has 0 aromatic carbocycles. The lowest BCUT2D eigenvalue weighted by atomic mass is 9.96. The van der Waals surface area contributed by atoms with Crippen LogP contribution in [0.15, 0.2) is 0 Å². The van der Waals surface area contributed by atoms with Gasteiger partial charge in [-0.15, -0.1) is 0 Å². The Bertz CT molecular complexity index is 496. The van der Waals surface area contributed by atoms with Crippen molar-refractivity contribution >= 4 is 21.8 Å². The minimum atomic E-state index is -1.74. The van der Waals surface area contributed by atoms with Gasteiger partial charge in [0.25, 0.3) is 0 Å². The molecular formula is C14H24BrNO11. The summed E-state index contributed by atoms with van der Waals surface area (Å²) >= 11 is 2.92. The number of amides is 1. The first-order valence-corrected chi connectivity index (χ1v) is 9.31. The molecule has 1 amide bonds. The summed E-state index contributed by atoms with van der Waals surface area (Å²) in [6.07, 6.45) is -15.1. The molecule has 0 radical (unpaired) electrons. The largest absolute Gasteiger partial charge is 0.394 e. The monoisotopic (exact) mass is 461 g/mol. The Morgan fingerprint density at radius 2 is 1.52 bits per heavy atom. The van der Waals surface area contributed by atoms with Crippen LogP contribution < -0.4 is 5.32 Å². The summed E-state index contributed by atoms with van der Waals surface area (Å²) in [5, 5.41) is 71.0. The topological polar surface area (TPSA) is 198 Å². The van der Waals surface area contributed by atoms with Crippen molar-refractivity contribution in [3.8, 4) is 0 Å². The lowest BCUT2D eigenvalue weighted by molar-refractivity contribution is -0.343. The minimum Gasteiger partial charge on any atom is -0.394 e. The second-order valence-corrected chi connectivity index (χ2v) is 6.82. The number of rotatable bonds is 6. The number of hydrogen-bond acceptors (Lipinski definition) is 11. The third-order valence-corrected chi connectivity index (χ3v) is 4.94. The fourth-order valence-corrected chi connectivity index (χ4v) is 3.07. The van der Waals surface area contributed by atoms with Crippen molar-refractivity contribution in [1.82, 2.24) is 5.32 Å².